The third-order valence-corrected chi connectivity index (χ3v) is 7.31. The molecule has 1 amide bonds. The maximum absolute atomic E-state index is 13.5. The number of carbonyl (C=O) groups excluding carboxylic acids is 1. The van der Waals surface area contributed by atoms with Gasteiger partial charge in [0.1, 0.15) is 0 Å². The molecular formula is C26H24F3N3OS. The number of hydrogen-bond donors (Lipinski definition) is 0. The highest BCUT2D eigenvalue weighted by Crippen LogP contribution is 2.49. The van der Waals surface area contributed by atoms with Crippen LogP contribution in [0.2, 0.25) is 0 Å². The molecule has 0 atom stereocenters. The summed E-state index contributed by atoms with van der Waals surface area (Å²) < 4.78 is 40.3. The van der Waals surface area contributed by atoms with Crippen molar-refractivity contribution in [3.63, 3.8) is 0 Å². The van der Waals surface area contributed by atoms with E-state index in [4.69, 9.17) is 0 Å². The van der Waals surface area contributed by atoms with Gasteiger partial charge in [-0.25, -0.2) is 0 Å². The van der Waals surface area contributed by atoms with E-state index in [1.165, 1.54) is 28.3 Å². The van der Waals surface area contributed by atoms with Gasteiger partial charge in [0.15, 0.2) is 0 Å². The van der Waals surface area contributed by atoms with Crippen molar-refractivity contribution in [3.8, 4) is 0 Å². The number of alkyl halides is 3. The largest absolute Gasteiger partial charge is 0.416 e. The fourth-order valence-corrected chi connectivity index (χ4v) is 5.45. The Hall–Kier alpha value is -2.81. The van der Waals surface area contributed by atoms with Crippen molar-refractivity contribution in [2.75, 3.05) is 37.6 Å². The van der Waals surface area contributed by atoms with Crippen LogP contribution in [0.25, 0.3) is 0 Å². The number of halogens is 3. The number of para-hydroxylation sites is 1. The first-order valence-electron chi connectivity index (χ1n) is 11.2. The molecule has 34 heavy (non-hydrogen) atoms. The molecule has 3 aromatic carbocycles. The van der Waals surface area contributed by atoms with Crippen molar-refractivity contribution in [1.29, 1.82) is 0 Å². The standard InChI is InChI=1S/C26H24F3N3OS/c27-26(28,29)20-10-11-24-22(16-20)32(21-8-4-5-9-23(21)34-24)25(33)18-31-14-12-30(13-15-31)17-19-6-2-1-3-7-19/h1-11,16H,12-15,17-18H2. The van der Waals surface area contributed by atoms with Crippen LogP contribution in [0.5, 0.6) is 0 Å². The molecule has 2 heterocycles. The molecule has 2 aliphatic rings. The molecule has 0 aromatic heterocycles. The monoisotopic (exact) mass is 483 g/mol. The molecule has 0 spiro atoms. The molecule has 0 unspecified atom stereocenters. The highest BCUT2D eigenvalue weighted by Gasteiger charge is 2.35. The maximum atomic E-state index is 13.5. The van der Waals surface area contributed by atoms with Crippen LogP contribution in [0.3, 0.4) is 0 Å². The molecule has 1 saturated heterocycles. The van der Waals surface area contributed by atoms with E-state index in [0.717, 1.165) is 49.8 Å². The highest BCUT2D eigenvalue weighted by molar-refractivity contribution is 7.99. The van der Waals surface area contributed by atoms with Gasteiger partial charge in [0.05, 0.1) is 23.5 Å². The lowest BCUT2D eigenvalue weighted by Gasteiger charge is -2.37. The number of fused-ring (bicyclic) bond motifs is 2. The summed E-state index contributed by atoms with van der Waals surface area (Å²) >= 11 is 1.39. The average molecular weight is 484 g/mol. The third kappa shape index (κ3) is 4.85. The maximum Gasteiger partial charge on any atom is 0.416 e. The van der Waals surface area contributed by atoms with Gasteiger partial charge < -0.3 is 0 Å². The molecule has 1 fully saturated rings. The summed E-state index contributed by atoms with van der Waals surface area (Å²) in [5.41, 5.74) is 1.43. The summed E-state index contributed by atoms with van der Waals surface area (Å²) in [6.45, 7) is 4.17. The molecule has 5 rings (SSSR count). The van der Waals surface area contributed by atoms with E-state index in [2.05, 4.69) is 21.9 Å². The third-order valence-electron chi connectivity index (χ3n) is 6.18. The zero-order chi connectivity index (χ0) is 23.7. The van der Waals surface area contributed by atoms with Gasteiger partial charge in [-0.1, -0.05) is 54.2 Å². The molecule has 0 N–H and O–H groups in total. The lowest BCUT2D eigenvalue weighted by Crippen LogP contribution is -2.49. The van der Waals surface area contributed by atoms with Gasteiger partial charge in [-0.05, 0) is 35.9 Å². The van der Waals surface area contributed by atoms with Gasteiger partial charge in [0, 0.05) is 42.5 Å². The van der Waals surface area contributed by atoms with Gasteiger partial charge >= 0.3 is 6.18 Å². The highest BCUT2D eigenvalue weighted by atomic mass is 32.2. The number of benzene rings is 3. The smallest absolute Gasteiger partial charge is 0.297 e. The van der Waals surface area contributed by atoms with Crippen molar-refractivity contribution in [1.82, 2.24) is 9.80 Å². The normalized spacial score (nSPS) is 16.7. The average Bonchev–Trinajstić information content (AvgIpc) is 2.83. The Bertz CT molecular complexity index is 1180. The molecule has 0 bridgehead atoms. The summed E-state index contributed by atoms with van der Waals surface area (Å²) in [4.78, 5) is 20.9. The summed E-state index contributed by atoms with van der Waals surface area (Å²) in [7, 11) is 0. The van der Waals surface area contributed by atoms with E-state index < -0.39 is 11.7 Å². The Balaban J connectivity index is 1.33. The number of amides is 1. The van der Waals surface area contributed by atoms with E-state index in [1.54, 1.807) is 12.1 Å². The summed E-state index contributed by atoms with van der Waals surface area (Å²) in [6.07, 6.45) is -4.47. The minimum atomic E-state index is -4.47. The predicted octanol–water partition coefficient (Wildman–Crippen LogP) is 5.65. The summed E-state index contributed by atoms with van der Waals surface area (Å²) in [5, 5.41) is 0. The Labute approximate surface area is 201 Å². The predicted molar refractivity (Wildman–Crippen MR) is 127 cm³/mol. The van der Waals surface area contributed by atoms with Crippen LogP contribution in [-0.4, -0.2) is 48.4 Å². The topological polar surface area (TPSA) is 26.8 Å². The summed E-state index contributed by atoms with van der Waals surface area (Å²) in [6, 6.07) is 21.3. The van der Waals surface area contributed by atoms with Crippen molar-refractivity contribution in [3.05, 3.63) is 83.9 Å². The fourth-order valence-electron chi connectivity index (χ4n) is 4.41. The Morgan fingerprint density at radius 1 is 0.794 bits per heavy atom. The fraction of sp³-hybridized carbons (Fsp3) is 0.269. The number of rotatable bonds is 4. The molecule has 176 valence electrons. The quantitative estimate of drug-likeness (QED) is 0.479. The number of nitrogens with zero attached hydrogens (tertiary/aromatic N) is 3. The summed E-state index contributed by atoms with van der Waals surface area (Å²) in [5.74, 6) is -0.218. The molecule has 0 radical (unpaired) electrons. The van der Waals surface area contributed by atoms with E-state index in [-0.39, 0.29) is 12.5 Å². The zero-order valence-corrected chi connectivity index (χ0v) is 19.3. The van der Waals surface area contributed by atoms with Crippen LogP contribution >= 0.6 is 11.8 Å². The first kappa shape index (κ1) is 23.0. The number of carbonyl (C=O) groups is 1. The van der Waals surface area contributed by atoms with Crippen LogP contribution in [0.1, 0.15) is 11.1 Å². The van der Waals surface area contributed by atoms with Gasteiger partial charge in [-0.3, -0.25) is 19.5 Å². The lowest BCUT2D eigenvalue weighted by molar-refractivity contribution is -0.137. The van der Waals surface area contributed by atoms with E-state index in [1.807, 2.05) is 30.3 Å². The number of anilines is 2. The van der Waals surface area contributed by atoms with Crippen molar-refractivity contribution in [2.24, 2.45) is 0 Å². The van der Waals surface area contributed by atoms with Crippen molar-refractivity contribution in [2.45, 2.75) is 22.5 Å². The first-order valence-corrected chi connectivity index (χ1v) is 12.0. The molecule has 0 aliphatic carbocycles. The van der Waals surface area contributed by atoms with Gasteiger partial charge in [0.25, 0.3) is 0 Å². The molecule has 3 aromatic rings. The molecule has 0 saturated carbocycles. The van der Waals surface area contributed by atoms with E-state index in [0.29, 0.717) is 16.3 Å². The Morgan fingerprint density at radius 2 is 1.44 bits per heavy atom. The number of piperazine rings is 1. The second-order valence-electron chi connectivity index (χ2n) is 8.52. The lowest BCUT2D eigenvalue weighted by atomic mass is 10.1. The number of hydrogen-bond acceptors (Lipinski definition) is 4. The van der Waals surface area contributed by atoms with Crippen LogP contribution in [-0.2, 0) is 17.5 Å². The van der Waals surface area contributed by atoms with Crippen LogP contribution in [0, 0.1) is 0 Å². The second-order valence-corrected chi connectivity index (χ2v) is 9.60. The van der Waals surface area contributed by atoms with E-state index in [9.17, 15) is 18.0 Å². The molecule has 8 heteroatoms. The van der Waals surface area contributed by atoms with Gasteiger partial charge in [-0.15, -0.1) is 0 Å². The minimum absolute atomic E-state index is 0.161. The molecular weight excluding hydrogens is 459 g/mol. The Kier molecular flexibility index (Phi) is 6.38. The van der Waals surface area contributed by atoms with Crippen LogP contribution < -0.4 is 4.90 Å². The molecule has 4 nitrogen and oxygen atoms in total. The minimum Gasteiger partial charge on any atom is -0.297 e. The van der Waals surface area contributed by atoms with Crippen LogP contribution in [0.15, 0.2) is 82.6 Å². The molecule has 2 aliphatic heterocycles. The van der Waals surface area contributed by atoms with Gasteiger partial charge in [0.2, 0.25) is 5.91 Å². The van der Waals surface area contributed by atoms with Crippen molar-refractivity contribution < 1.29 is 18.0 Å². The van der Waals surface area contributed by atoms with Gasteiger partial charge in [-0.2, -0.15) is 13.2 Å². The SMILES string of the molecule is O=C(CN1CCN(Cc2ccccc2)CC1)N1c2ccccc2Sc2ccc(C(F)(F)F)cc21. The zero-order valence-electron chi connectivity index (χ0n) is 18.5. The second kappa shape index (κ2) is 9.44. The van der Waals surface area contributed by atoms with Crippen molar-refractivity contribution >= 4 is 29.0 Å². The first-order chi connectivity index (χ1) is 16.4. The van der Waals surface area contributed by atoms with Crippen LogP contribution in [0.4, 0.5) is 24.5 Å². The Morgan fingerprint density at radius 3 is 2.18 bits per heavy atom. The van der Waals surface area contributed by atoms with E-state index >= 15 is 0 Å².